The van der Waals surface area contributed by atoms with Gasteiger partial charge in [0.05, 0.1) is 12.2 Å². The molecule has 1 aliphatic rings. The van der Waals surface area contributed by atoms with Gasteiger partial charge in [-0.25, -0.2) is 8.78 Å². The van der Waals surface area contributed by atoms with E-state index in [9.17, 15) is 13.6 Å². The first kappa shape index (κ1) is 20.5. The molecule has 1 aliphatic carbocycles. The highest BCUT2D eigenvalue weighted by molar-refractivity contribution is 5.94. The third-order valence-corrected chi connectivity index (χ3v) is 3.43. The SMILES string of the molecule is CC.CNC1=C(N)CCC(C(=O)NCCOc2ccc(F)cc2F)=C1. The first-order chi connectivity index (χ1) is 12.0. The maximum atomic E-state index is 13.4. The van der Waals surface area contributed by atoms with Gasteiger partial charge >= 0.3 is 0 Å². The zero-order chi connectivity index (χ0) is 18.8. The van der Waals surface area contributed by atoms with Crippen molar-refractivity contribution in [2.24, 2.45) is 5.73 Å². The van der Waals surface area contributed by atoms with Crippen molar-refractivity contribution in [3.05, 3.63) is 52.9 Å². The Kier molecular flexibility index (Phi) is 8.46. The van der Waals surface area contributed by atoms with Gasteiger partial charge in [0.25, 0.3) is 0 Å². The first-order valence-corrected chi connectivity index (χ1v) is 8.24. The van der Waals surface area contributed by atoms with Crippen LogP contribution in [0.3, 0.4) is 0 Å². The molecule has 0 heterocycles. The highest BCUT2D eigenvalue weighted by atomic mass is 19.1. The van der Waals surface area contributed by atoms with Crippen molar-refractivity contribution in [3.8, 4) is 5.75 Å². The van der Waals surface area contributed by atoms with Gasteiger partial charge < -0.3 is 21.1 Å². The number of likely N-dealkylation sites (N-methyl/N-ethyl adjacent to an activating group) is 1. The molecule has 0 bridgehead atoms. The predicted molar refractivity (Wildman–Crippen MR) is 93.8 cm³/mol. The number of ether oxygens (including phenoxy) is 1. The summed E-state index contributed by atoms with van der Waals surface area (Å²) in [6.07, 6.45) is 2.90. The van der Waals surface area contributed by atoms with Crippen molar-refractivity contribution in [2.45, 2.75) is 26.7 Å². The molecule has 0 radical (unpaired) electrons. The van der Waals surface area contributed by atoms with E-state index in [1.165, 1.54) is 6.07 Å². The average molecular weight is 353 g/mol. The van der Waals surface area contributed by atoms with Gasteiger partial charge in [-0.3, -0.25) is 4.79 Å². The lowest BCUT2D eigenvalue weighted by molar-refractivity contribution is -0.117. The molecule has 0 spiro atoms. The molecule has 0 saturated heterocycles. The zero-order valence-corrected chi connectivity index (χ0v) is 14.8. The number of halogens is 2. The fourth-order valence-electron chi connectivity index (χ4n) is 2.19. The van der Waals surface area contributed by atoms with Gasteiger partial charge in [0.1, 0.15) is 12.4 Å². The molecule has 0 aliphatic heterocycles. The van der Waals surface area contributed by atoms with Crippen molar-refractivity contribution < 1.29 is 18.3 Å². The van der Waals surface area contributed by atoms with Crippen LogP contribution in [0.1, 0.15) is 26.7 Å². The molecular formula is C18H25F2N3O2. The number of carbonyl (C=O) groups is 1. The normalized spacial score (nSPS) is 13.4. The summed E-state index contributed by atoms with van der Waals surface area (Å²) in [6, 6.07) is 3.07. The largest absolute Gasteiger partial charge is 0.489 e. The summed E-state index contributed by atoms with van der Waals surface area (Å²) in [5.74, 6) is -1.70. The number of nitrogens with two attached hydrogens (primary N) is 1. The molecule has 2 rings (SSSR count). The van der Waals surface area contributed by atoms with Crippen molar-refractivity contribution in [3.63, 3.8) is 0 Å². The van der Waals surface area contributed by atoms with E-state index in [1.54, 1.807) is 13.1 Å². The van der Waals surface area contributed by atoms with E-state index >= 15 is 0 Å². The van der Waals surface area contributed by atoms with Gasteiger partial charge in [0.15, 0.2) is 11.6 Å². The summed E-state index contributed by atoms with van der Waals surface area (Å²) in [5, 5.41) is 5.63. The van der Waals surface area contributed by atoms with Gasteiger partial charge in [0, 0.05) is 24.4 Å². The third kappa shape index (κ3) is 6.10. The lowest BCUT2D eigenvalue weighted by Gasteiger charge is -2.17. The molecule has 0 saturated carbocycles. The van der Waals surface area contributed by atoms with E-state index in [4.69, 9.17) is 10.5 Å². The summed E-state index contributed by atoms with van der Waals surface area (Å²) < 4.78 is 31.3. The lowest BCUT2D eigenvalue weighted by Crippen LogP contribution is -2.31. The first-order valence-electron chi connectivity index (χ1n) is 8.24. The molecule has 0 atom stereocenters. The molecule has 7 heteroatoms. The van der Waals surface area contributed by atoms with Crippen LogP contribution < -0.4 is 21.1 Å². The fourth-order valence-corrected chi connectivity index (χ4v) is 2.19. The monoisotopic (exact) mass is 353 g/mol. The number of benzene rings is 1. The average Bonchev–Trinajstić information content (AvgIpc) is 2.62. The van der Waals surface area contributed by atoms with Crippen LogP contribution in [0.4, 0.5) is 8.78 Å². The van der Waals surface area contributed by atoms with Crippen LogP contribution in [-0.2, 0) is 4.79 Å². The Balaban J connectivity index is 0.00000151. The minimum atomic E-state index is -0.773. The van der Waals surface area contributed by atoms with E-state index in [2.05, 4.69) is 10.6 Å². The molecule has 0 unspecified atom stereocenters. The van der Waals surface area contributed by atoms with Crippen LogP contribution in [-0.4, -0.2) is 26.1 Å². The van der Waals surface area contributed by atoms with Gasteiger partial charge in [0.2, 0.25) is 5.91 Å². The fraction of sp³-hybridized carbons (Fsp3) is 0.389. The Morgan fingerprint density at radius 2 is 2.00 bits per heavy atom. The molecule has 138 valence electrons. The number of hydrogen-bond donors (Lipinski definition) is 3. The predicted octanol–water partition coefficient (Wildman–Crippen LogP) is 2.60. The van der Waals surface area contributed by atoms with E-state index in [1.807, 2.05) is 13.8 Å². The molecule has 1 aromatic carbocycles. The van der Waals surface area contributed by atoms with Crippen LogP contribution in [0, 0.1) is 11.6 Å². The molecule has 5 nitrogen and oxygen atoms in total. The second-order valence-corrected chi connectivity index (χ2v) is 5.04. The van der Waals surface area contributed by atoms with E-state index in [0.717, 1.165) is 23.5 Å². The van der Waals surface area contributed by atoms with Crippen molar-refractivity contribution in [1.82, 2.24) is 10.6 Å². The van der Waals surface area contributed by atoms with Gasteiger partial charge in [-0.15, -0.1) is 0 Å². The molecule has 1 aromatic rings. The summed E-state index contributed by atoms with van der Waals surface area (Å²) >= 11 is 0. The highest BCUT2D eigenvalue weighted by Gasteiger charge is 2.16. The van der Waals surface area contributed by atoms with Crippen LogP contribution in [0.5, 0.6) is 5.75 Å². The molecule has 25 heavy (non-hydrogen) atoms. The minimum Gasteiger partial charge on any atom is -0.489 e. The Labute approximate surface area is 146 Å². The Morgan fingerprint density at radius 1 is 1.28 bits per heavy atom. The number of nitrogens with one attached hydrogen (secondary N) is 2. The summed E-state index contributed by atoms with van der Waals surface area (Å²) in [6.45, 7) is 4.29. The van der Waals surface area contributed by atoms with Crippen molar-refractivity contribution in [1.29, 1.82) is 0 Å². The second-order valence-electron chi connectivity index (χ2n) is 5.04. The molecule has 0 fully saturated rings. The van der Waals surface area contributed by atoms with Crippen LogP contribution in [0.15, 0.2) is 41.2 Å². The second kappa shape index (κ2) is 10.3. The zero-order valence-electron chi connectivity index (χ0n) is 14.8. The van der Waals surface area contributed by atoms with Crippen molar-refractivity contribution >= 4 is 5.91 Å². The van der Waals surface area contributed by atoms with Gasteiger partial charge in [-0.1, -0.05) is 13.8 Å². The molecule has 0 aromatic heterocycles. The Morgan fingerprint density at radius 3 is 2.64 bits per heavy atom. The standard InChI is InChI=1S/C16H19F2N3O2.C2H6/c1-20-14-8-10(2-4-13(14)19)16(22)21-6-7-23-15-5-3-11(17)9-12(15)18;1-2/h3,5,8-9,20H,2,4,6-7,19H2,1H3,(H,21,22);1-2H3. The Hall–Kier alpha value is -2.57. The molecule has 4 N–H and O–H groups in total. The number of amides is 1. The maximum Gasteiger partial charge on any atom is 0.247 e. The van der Waals surface area contributed by atoms with E-state index in [-0.39, 0.29) is 24.8 Å². The van der Waals surface area contributed by atoms with E-state index < -0.39 is 11.6 Å². The minimum absolute atomic E-state index is 0.0503. The number of hydrogen-bond acceptors (Lipinski definition) is 4. The number of carbonyl (C=O) groups excluding carboxylic acids is 1. The number of rotatable bonds is 6. The summed E-state index contributed by atoms with van der Waals surface area (Å²) in [4.78, 5) is 12.0. The van der Waals surface area contributed by atoms with Crippen molar-refractivity contribution in [2.75, 3.05) is 20.2 Å². The summed E-state index contributed by atoms with van der Waals surface area (Å²) in [5.41, 5.74) is 7.91. The van der Waals surface area contributed by atoms with Gasteiger partial charge in [-0.2, -0.15) is 0 Å². The molecular weight excluding hydrogens is 328 g/mol. The van der Waals surface area contributed by atoms with Crippen LogP contribution >= 0.6 is 0 Å². The number of allylic oxidation sites excluding steroid dienone is 2. The topological polar surface area (TPSA) is 76.4 Å². The maximum absolute atomic E-state index is 13.4. The molecule has 1 amide bonds. The summed E-state index contributed by atoms with van der Waals surface area (Å²) in [7, 11) is 1.74. The lowest BCUT2D eigenvalue weighted by atomic mass is 10.00. The third-order valence-electron chi connectivity index (χ3n) is 3.43. The van der Waals surface area contributed by atoms with Crippen LogP contribution in [0.2, 0.25) is 0 Å². The smallest absolute Gasteiger partial charge is 0.247 e. The Bertz CT molecular complexity index is 658. The van der Waals surface area contributed by atoms with Crippen LogP contribution in [0.25, 0.3) is 0 Å². The quantitative estimate of drug-likeness (QED) is 0.687. The van der Waals surface area contributed by atoms with Gasteiger partial charge in [-0.05, 0) is 31.1 Å². The van der Waals surface area contributed by atoms with E-state index in [0.29, 0.717) is 18.4 Å². The highest BCUT2D eigenvalue weighted by Crippen LogP contribution is 2.19.